The molecule has 0 aliphatic heterocycles. The molecule has 0 saturated carbocycles. The lowest BCUT2D eigenvalue weighted by molar-refractivity contribution is -0.118. The number of oxazole rings is 1. The number of benzene rings is 3. The summed E-state index contributed by atoms with van der Waals surface area (Å²) in [5.74, 6) is 0.146. The zero-order valence-electron chi connectivity index (χ0n) is 14.5. The number of nitrogens with zero attached hydrogens (tertiary/aromatic N) is 1. The first-order chi connectivity index (χ1) is 13.6. The molecule has 4 rings (SSSR count). The highest BCUT2D eigenvalue weighted by atomic mass is 35.5. The highest BCUT2D eigenvalue weighted by Crippen LogP contribution is 2.27. The summed E-state index contributed by atoms with van der Waals surface area (Å²) >= 11 is 6.01. The number of aromatic nitrogens is 1. The van der Waals surface area contributed by atoms with Gasteiger partial charge in [0.25, 0.3) is 5.91 Å². The van der Waals surface area contributed by atoms with E-state index in [2.05, 4.69) is 10.3 Å². The summed E-state index contributed by atoms with van der Waals surface area (Å²) in [5, 5.41) is 3.32. The van der Waals surface area contributed by atoms with Gasteiger partial charge in [0, 0.05) is 16.3 Å². The molecule has 28 heavy (non-hydrogen) atoms. The van der Waals surface area contributed by atoms with Gasteiger partial charge in [0.2, 0.25) is 5.89 Å². The molecule has 1 amide bonds. The van der Waals surface area contributed by atoms with Gasteiger partial charge < -0.3 is 14.5 Å². The molecule has 0 aliphatic rings. The van der Waals surface area contributed by atoms with Crippen LogP contribution >= 0.6 is 11.6 Å². The standard InChI is InChI=1S/C21H14ClFN2O3/c22-14-3-1-2-13(10-14)21-25-18-11-16(6-9-19(18)28-21)24-20(26)12-27-17-7-4-15(23)5-8-17/h1-11H,12H2,(H,24,26). The second kappa shape index (κ2) is 7.70. The highest BCUT2D eigenvalue weighted by Gasteiger charge is 2.11. The molecule has 0 radical (unpaired) electrons. The van der Waals surface area contributed by atoms with E-state index in [0.717, 1.165) is 5.56 Å². The van der Waals surface area contributed by atoms with Crippen LogP contribution in [0, 0.1) is 5.82 Å². The third kappa shape index (κ3) is 4.13. The Hall–Kier alpha value is -3.38. The van der Waals surface area contributed by atoms with Crippen LogP contribution in [0.25, 0.3) is 22.6 Å². The number of fused-ring (bicyclic) bond motifs is 1. The van der Waals surface area contributed by atoms with Crippen LogP contribution in [0.2, 0.25) is 5.02 Å². The maximum Gasteiger partial charge on any atom is 0.262 e. The first-order valence-electron chi connectivity index (χ1n) is 8.41. The second-order valence-electron chi connectivity index (χ2n) is 6.00. The molecule has 140 valence electrons. The Morgan fingerprint density at radius 1 is 1.11 bits per heavy atom. The summed E-state index contributed by atoms with van der Waals surface area (Å²) in [4.78, 5) is 16.5. The van der Waals surface area contributed by atoms with Crippen molar-refractivity contribution in [3.05, 3.63) is 77.6 Å². The predicted octanol–water partition coefficient (Wildman–Crippen LogP) is 5.30. The number of hydrogen-bond acceptors (Lipinski definition) is 4. The quantitative estimate of drug-likeness (QED) is 0.497. The third-order valence-electron chi connectivity index (χ3n) is 3.93. The van der Waals surface area contributed by atoms with E-state index in [9.17, 15) is 9.18 Å². The lowest BCUT2D eigenvalue weighted by Gasteiger charge is -2.07. The summed E-state index contributed by atoms with van der Waals surface area (Å²) in [6.45, 7) is -0.198. The molecule has 0 bridgehead atoms. The Morgan fingerprint density at radius 2 is 1.93 bits per heavy atom. The van der Waals surface area contributed by atoms with E-state index in [1.807, 2.05) is 12.1 Å². The first kappa shape index (κ1) is 18.0. The molecule has 4 aromatic rings. The molecule has 1 aromatic heterocycles. The van der Waals surface area contributed by atoms with Crippen LogP contribution in [-0.4, -0.2) is 17.5 Å². The molecule has 1 N–H and O–H groups in total. The molecule has 0 unspecified atom stereocenters. The van der Waals surface area contributed by atoms with Gasteiger partial charge in [-0.3, -0.25) is 4.79 Å². The van der Waals surface area contributed by atoms with E-state index in [0.29, 0.717) is 33.4 Å². The largest absolute Gasteiger partial charge is 0.484 e. The van der Waals surface area contributed by atoms with E-state index < -0.39 is 0 Å². The van der Waals surface area contributed by atoms with Gasteiger partial charge in [-0.15, -0.1) is 0 Å². The van der Waals surface area contributed by atoms with E-state index >= 15 is 0 Å². The maximum atomic E-state index is 12.9. The number of hydrogen-bond donors (Lipinski definition) is 1. The Bertz CT molecular complexity index is 1140. The van der Waals surface area contributed by atoms with E-state index in [-0.39, 0.29) is 18.3 Å². The van der Waals surface area contributed by atoms with Crippen LogP contribution in [0.1, 0.15) is 0 Å². The first-order valence-corrected chi connectivity index (χ1v) is 8.79. The molecule has 0 saturated heterocycles. The fourth-order valence-electron chi connectivity index (χ4n) is 2.63. The zero-order chi connectivity index (χ0) is 19.5. The maximum absolute atomic E-state index is 12.9. The SMILES string of the molecule is O=C(COc1ccc(F)cc1)Nc1ccc2oc(-c3cccc(Cl)c3)nc2c1. The minimum atomic E-state index is -0.366. The Balaban J connectivity index is 1.45. The topological polar surface area (TPSA) is 64.4 Å². The van der Waals surface area contributed by atoms with Crippen molar-refractivity contribution in [3.63, 3.8) is 0 Å². The molecule has 0 spiro atoms. The predicted molar refractivity (Wildman–Crippen MR) is 105 cm³/mol. The van der Waals surface area contributed by atoms with Crippen molar-refractivity contribution in [3.8, 4) is 17.2 Å². The van der Waals surface area contributed by atoms with Gasteiger partial charge in [0.15, 0.2) is 12.2 Å². The number of carbonyl (C=O) groups excluding carboxylic acids is 1. The van der Waals surface area contributed by atoms with Gasteiger partial charge in [-0.25, -0.2) is 9.37 Å². The molecular formula is C21H14ClFN2O3. The molecule has 0 atom stereocenters. The molecule has 7 heteroatoms. The summed E-state index contributed by atoms with van der Waals surface area (Å²) in [5.41, 5.74) is 2.52. The minimum Gasteiger partial charge on any atom is -0.484 e. The number of anilines is 1. The fourth-order valence-corrected chi connectivity index (χ4v) is 2.82. The van der Waals surface area contributed by atoms with Gasteiger partial charge in [-0.05, 0) is 60.7 Å². The zero-order valence-corrected chi connectivity index (χ0v) is 15.2. The van der Waals surface area contributed by atoms with Crippen molar-refractivity contribution in [2.45, 2.75) is 0 Å². The minimum absolute atomic E-state index is 0.198. The van der Waals surface area contributed by atoms with Crippen molar-refractivity contribution in [1.29, 1.82) is 0 Å². The van der Waals surface area contributed by atoms with Crippen LogP contribution in [-0.2, 0) is 4.79 Å². The number of carbonyl (C=O) groups is 1. The highest BCUT2D eigenvalue weighted by molar-refractivity contribution is 6.30. The Morgan fingerprint density at radius 3 is 2.71 bits per heavy atom. The van der Waals surface area contributed by atoms with Gasteiger partial charge in [-0.1, -0.05) is 17.7 Å². The average molecular weight is 397 g/mol. The van der Waals surface area contributed by atoms with Gasteiger partial charge >= 0.3 is 0 Å². The summed E-state index contributed by atoms with van der Waals surface area (Å²) in [6, 6.07) is 17.8. The normalized spacial score (nSPS) is 10.8. The van der Waals surface area contributed by atoms with Gasteiger partial charge in [-0.2, -0.15) is 0 Å². The third-order valence-corrected chi connectivity index (χ3v) is 4.16. The molecule has 0 fully saturated rings. The summed E-state index contributed by atoms with van der Waals surface area (Å²) < 4.78 is 24.0. The lowest BCUT2D eigenvalue weighted by atomic mass is 10.2. The van der Waals surface area contributed by atoms with E-state index in [1.54, 1.807) is 30.3 Å². The number of amides is 1. The molecule has 0 aliphatic carbocycles. The number of ether oxygens (including phenoxy) is 1. The number of halogens is 2. The molecule has 5 nitrogen and oxygen atoms in total. The molecule has 1 heterocycles. The van der Waals surface area contributed by atoms with Crippen LogP contribution in [0.15, 0.2) is 71.1 Å². The van der Waals surface area contributed by atoms with Crippen LogP contribution < -0.4 is 10.1 Å². The van der Waals surface area contributed by atoms with Crippen molar-refractivity contribution < 1.29 is 18.3 Å². The van der Waals surface area contributed by atoms with E-state index in [1.165, 1.54) is 24.3 Å². The summed E-state index contributed by atoms with van der Waals surface area (Å²) in [6.07, 6.45) is 0. The smallest absolute Gasteiger partial charge is 0.262 e. The van der Waals surface area contributed by atoms with Gasteiger partial charge in [0.1, 0.15) is 17.1 Å². The van der Waals surface area contributed by atoms with Crippen molar-refractivity contribution in [1.82, 2.24) is 4.98 Å². The molecular weight excluding hydrogens is 383 g/mol. The van der Waals surface area contributed by atoms with Crippen LogP contribution in [0.5, 0.6) is 5.75 Å². The monoisotopic (exact) mass is 396 g/mol. The molecule has 3 aromatic carbocycles. The van der Waals surface area contributed by atoms with Crippen LogP contribution in [0.3, 0.4) is 0 Å². The van der Waals surface area contributed by atoms with Crippen molar-refractivity contribution >= 4 is 34.3 Å². The number of nitrogens with one attached hydrogen (secondary N) is 1. The summed E-state index contributed by atoms with van der Waals surface area (Å²) in [7, 11) is 0. The average Bonchev–Trinajstić information content (AvgIpc) is 3.11. The van der Waals surface area contributed by atoms with Crippen molar-refractivity contribution in [2.24, 2.45) is 0 Å². The second-order valence-corrected chi connectivity index (χ2v) is 6.44. The number of rotatable bonds is 5. The van der Waals surface area contributed by atoms with Gasteiger partial charge in [0.05, 0.1) is 0 Å². The fraction of sp³-hybridized carbons (Fsp3) is 0.0476. The van der Waals surface area contributed by atoms with Crippen LogP contribution in [0.4, 0.5) is 10.1 Å². The Kier molecular flexibility index (Phi) is 4.95. The Labute approximate surface area is 164 Å². The lowest BCUT2D eigenvalue weighted by Crippen LogP contribution is -2.20. The van der Waals surface area contributed by atoms with E-state index in [4.69, 9.17) is 20.8 Å². The van der Waals surface area contributed by atoms with Crippen molar-refractivity contribution in [2.75, 3.05) is 11.9 Å².